The van der Waals surface area contributed by atoms with Gasteiger partial charge in [-0.1, -0.05) is 6.07 Å². The van der Waals surface area contributed by atoms with E-state index in [9.17, 15) is 4.79 Å². The van der Waals surface area contributed by atoms with Gasteiger partial charge in [0.1, 0.15) is 5.69 Å². The summed E-state index contributed by atoms with van der Waals surface area (Å²) >= 11 is 1.35. The number of amides is 1. The molecule has 1 aromatic carbocycles. The zero-order valence-electron chi connectivity index (χ0n) is 13.9. The maximum absolute atomic E-state index is 12.4. The van der Waals surface area contributed by atoms with E-state index in [1.807, 2.05) is 30.5 Å². The number of anilines is 1. The van der Waals surface area contributed by atoms with Gasteiger partial charge in [0.15, 0.2) is 16.6 Å². The average Bonchev–Trinajstić information content (AvgIpc) is 3.11. The Morgan fingerprint density at radius 2 is 2.08 bits per heavy atom. The molecule has 3 aromatic rings. The number of nitrogens with one attached hydrogen (secondary N) is 1. The highest BCUT2D eigenvalue weighted by atomic mass is 32.1. The molecule has 2 heterocycles. The summed E-state index contributed by atoms with van der Waals surface area (Å²) in [5, 5.41) is 5.17. The van der Waals surface area contributed by atoms with Crippen molar-refractivity contribution >= 4 is 22.4 Å². The maximum Gasteiger partial charge on any atom is 0.257 e. The first-order valence-electron chi connectivity index (χ1n) is 7.70. The standard InChI is InChI=1S/C18H17N3O3S/c1-3-24-15-8-7-12(10-16(15)23-2)17(22)21-18-20-14(11-25-18)13-6-4-5-9-19-13/h4-11H,3H2,1-2H3,(H,20,21,22). The Morgan fingerprint density at radius 1 is 1.20 bits per heavy atom. The molecule has 0 aliphatic heterocycles. The molecule has 128 valence electrons. The number of hydrogen-bond acceptors (Lipinski definition) is 6. The molecule has 2 aromatic heterocycles. The highest BCUT2D eigenvalue weighted by Crippen LogP contribution is 2.29. The van der Waals surface area contributed by atoms with Gasteiger partial charge in [-0.2, -0.15) is 0 Å². The maximum atomic E-state index is 12.4. The van der Waals surface area contributed by atoms with E-state index in [0.29, 0.717) is 28.8 Å². The lowest BCUT2D eigenvalue weighted by Gasteiger charge is -2.10. The monoisotopic (exact) mass is 355 g/mol. The summed E-state index contributed by atoms with van der Waals surface area (Å²) < 4.78 is 10.7. The van der Waals surface area contributed by atoms with Crippen molar-refractivity contribution in [1.29, 1.82) is 0 Å². The van der Waals surface area contributed by atoms with Crippen LogP contribution in [0.3, 0.4) is 0 Å². The van der Waals surface area contributed by atoms with E-state index in [1.54, 1.807) is 31.5 Å². The van der Waals surface area contributed by atoms with Crippen LogP contribution in [-0.4, -0.2) is 29.6 Å². The van der Waals surface area contributed by atoms with E-state index >= 15 is 0 Å². The SMILES string of the molecule is CCOc1ccc(C(=O)Nc2nc(-c3ccccn3)cs2)cc1OC. The summed E-state index contributed by atoms with van der Waals surface area (Å²) in [7, 11) is 1.54. The summed E-state index contributed by atoms with van der Waals surface area (Å²) in [5.41, 5.74) is 1.96. The van der Waals surface area contributed by atoms with Crippen molar-refractivity contribution in [1.82, 2.24) is 9.97 Å². The third-order valence-electron chi connectivity index (χ3n) is 3.38. The van der Waals surface area contributed by atoms with Gasteiger partial charge >= 0.3 is 0 Å². The van der Waals surface area contributed by atoms with Crippen LogP contribution in [0.1, 0.15) is 17.3 Å². The Balaban J connectivity index is 1.75. The van der Waals surface area contributed by atoms with Crippen LogP contribution in [0.4, 0.5) is 5.13 Å². The molecule has 0 bridgehead atoms. The smallest absolute Gasteiger partial charge is 0.257 e. The quantitative estimate of drug-likeness (QED) is 0.727. The lowest BCUT2D eigenvalue weighted by molar-refractivity contribution is 0.102. The number of carbonyl (C=O) groups excluding carboxylic acids is 1. The van der Waals surface area contributed by atoms with Gasteiger partial charge in [0, 0.05) is 17.1 Å². The molecular weight excluding hydrogens is 338 g/mol. The summed E-state index contributed by atoms with van der Waals surface area (Å²) in [6.45, 7) is 2.42. The molecule has 0 aliphatic rings. The topological polar surface area (TPSA) is 73.3 Å². The molecule has 0 radical (unpaired) electrons. The number of benzene rings is 1. The molecule has 1 N–H and O–H groups in total. The first-order valence-corrected chi connectivity index (χ1v) is 8.58. The predicted octanol–water partition coefficient (Wildman–Crippen LogP) is 3.86. The van der Waals surface area contributed by atoms with Crippen molar-refractivity contribution in [2.24, 2.45) is 0 Å². The molecular formula is C18H17N3O3S. The molecule has 0 unspecified atom stereocenters. The molecule has 0 saturated carbocycles. The van der Waals surface area contributed by atoms with Crippen LogP contribution in [0.25, 0.3) is 11.4 Å². The van der Waals surface area contributed by atoms with E-state index in [4.69, 9.17) is 9.47 Å². The van der Waals surface area contributed by atoms with Gasteiger partial charge in [0.2, 0.25) is 0 Å². The summed E-state index contributed by atoms with van der Waals surface area (Å²) in [6, 6.07) is 10.7. The molecule has 0 aliphatic carbocycles. The molecule has 6 nitrogen and oxygen atoms in total. The fraction of sp³-hybridized carbons (Fsp3) is 0.167. The van der Waals surface area contributed by atoms with E-state index in [0.717, 1.165) is 11.4 Å². The second-order valence-electron chi connectivity index (χ2n) is 5.01. The number of rotatable bonds is 6. The number of methoxy groups -OCH3 is 1. The minimum absolute atomic E-state index is 0.261. The number of aromatic nitrogens is 2. The molecule has 0 fully saturated rings. The van der Waals surface area contributed by atoms with Gasteiger partial charge in [-0.3, -0.25) is 15.1 Å². The van der Waals surface area contributed by atoms with Crippen molar-refractivity contribution in [3.05, 3.63) is 53.5 Å². The van der Waals surface area contributed by atoms with Gasteiger partial charge < -0.3 is 9.47 Å². The van der Waals surface area contributed by atoms with Crippen molar-refractivity contribution in [3.63, 3.8) is 0 Å². The summed E-state index contributed by atoms with van der Waals surface area (Å²) in [4.78, 5) is 21.1. The minimum Gasteiger partial charge on any atom is -0.493 e. The third-order valence-corrected chi connectivity index (χ3v) is 4.14. The highest BCUT2D eigenvalue weighted by Gasteiger charge is 2.13. The third kappa shape index (κ3) is 3.95. The molecule has 25 heavy (non-hydrogen) atoms. The minimum atomic E-state index is -0.261. The van der Waals surface area contributed by atoms with Gasteiger partial charge in [0.25, 0.3) is 5.91 Å². The number of pyridine rings is 1. The van der Waals surface area contributed by atoms with E-state index in [2.05, 4.69) is 15.3 Å². The van der Waals surface area contributed by atoms with Crippen LogP contribution in [0.2, 0.25) is 0 Å². The van der Waals surface area contributed by atoms with Gasteiger partial charge in [0.05, 0.1) is 19.4 Å². The Kier molecular flexibility index (Phi) is 5.25. The molecule has 0 saturated heterocycles. The second kappa shape index (κ2) is 7.76. The zero-order chi connectivity index (χ0) is 17.6. The molecule has 3 rings (SSSR count). The van der Waals surface area contributed by atoms with Crippen LogP contribution < -0.4 is 14.8 Å². The lowest BCUT2D eigenvalue weighted by Crippen LogP contribution is -2.12. The average molecular weight is 355 g/mol. The van der Waals surface area contributed by atoms with Crippen molar-refractivity contribution in [3.8, 4) is 22.9 Å². The summed E-state index contributed by atoms with van der Waals surface area (Å²) in [6.07, 6.45) is 1.71. The van der Waals surface area contributed by atoms with Crippen molar-refractivity contribution in [2.75, 3.05) is 19.0 Å². The first-order chi connectivity index (χ1) is 12.2. The zero-order valence-corrected chi connectivity index (χ0v) is 14.7. The molecule has 7 heteroatoms. The normalized spacial score (nSPS) is 10.3. The number of ether oxygens (including phenoxy) is 2. The van der Waals surface area contributed by atoms with Crippen LogP contribution in [0.15, 0.2) is 48.0 Å². The predicted molar refractivity (Wildman–Crippen MR) is 97.5 cm³/mol. The number of carbonyl (C=O) groups is 1. The van der Waals surface area contributed by atoms with Gasteiger partial charge in [-0.05, 0) is 37.3 Å². The van der Waals surface area contributed by atoms with E-state index in [1.165, 1.54) is 11.3 Å². The van der Waals surface area contributed by atoms with Gasteiger partial charge in [-0.15, -0.1) is 11.3 Å². The number of hydrogen-bond donors (Lipinski definition) is 1. The van der Waals surface area contributed by atoms with Crippen LogP contribution in [0.5, 0.6) is 11.5 Å². The van der Waals surface area contributed by atoms with Crippen LogP contribution in [0, 0.1) is 0 Å². The van der Waals surface area contributed by atoms with Crippen LogP contribution >= 0.6 is 11.3 Å². The second-order valence-corrected chi connectivity index (χ2v) is 5.86. The molecule has 0 spiro atoms. The first kappa shape index (κ1) is 16.9. The lowest BCUT2D eigenvalue weighted by atomic mass is 10.2. The van der Waals surface area contributed by atoms with Crippen molar-refractivity contribution in [2.45, 2.75) is 6.92 Å². The van der Waals surface area contributed by atoms with E-state index < -0.39 is 0 Å². The van der Waals surface area contributed by atoms with E-state index in [-0.39, 0.29) is 5.91 Å². The Bertz CT molecular complexity index is 865. The fourth-order valence-corrected chi connectivity index (χ4v) is 2.92. The number of nitrogens with zero attached hydrogens (tertiary/aromatic N) is 2. The molecule has 0 atom stereocenters. The Hall–Kier alpha value is -2.93. The molecule has 1 amide bonds. The van der Waals surface area contributed by atoms with Crippen molar-refractivity contribution < 1.29 is 14.3 Å². The number of thiazole rings is 1. The largest absolute Gasteiger partial charge is 0.493 e. The van der Waals surface area contributed by atoms with Crippen LogP contribution in [-0.2, 0) is 0 Å². The highest BCUT2D eigenvalue weighted by molar-refractivity contribution is 7.14. The summed E-state index contributed by atoms with van der Waals surface area (Å²) in [5.74, 6) is 0.860. The Morgan fingerprint density at radius 3 is 2.80 bits per heavy atom. The van der Waals surface area contributed by atoms with Gasteiger partial charge in [-0.25, -0.2) is 4.98 Å². The fourth-order valence-electron chi connectivity index (χ4n) is 2.22. The Labute approximate surface area is 149 Å².